The van der Waals surface area contributed by atoms with Crippen LogP contribution in [0.1, 0.15) is 36.1 Å². The lowest BCUT2D eigenvalue weighted by Gasteiger charge is -2.33. The molecule has 0 aliphatic carbocycles. The van der Waals surface area contributed by atoms with Crippen LogP contribution in [0, 0.1) is 6.92 Å². The van der Waals surface area contributed by atoms with Crippen LogP contribution in [0.5, 0.6) is 0 Å². The third-order valence-electron chi connectivity index (χ3n) is 4.91. The molecule has 9 nitrogen and oxygen atoms in total. The molecule has 0 unspecified atom stereocenters. The average Bonchev–Trinajstić information content (AvgIpc) is 3.02. The maximum absolute atomic E-state index is 11.8. The van der Waals surface area contributed by atoms with Crippen LogP contribution in [0.25, 0.3) is 11.0 Å². The van der Waals surface area contributed by atoms with E-state index in [9.17, 15) is 4.79 Å². The standard InChI is InChI=1S/C18H23N7O2/c1-11-20-14(7-16(26)21-11)12-5-4-6-25(9-12)18-13-8-19-24(2)17(13)22-15(23-18)10-27-3/h7-8,12H,4-6,9-10H2,1-3H3,(H,20,21,26)/t12-/m0/s1. The molecule has 3 aromatic rings. The molecule has 4 rings (SSSR count). The maximum Gasteiger partial charge on any atom is 0.251 e. The molecule has 0 spiro atoms. The van der Waals surface area contributed by atoms with E-state index in [4.69, 9.17) is 9.72 Å². The van der Waals surface area contributed by atoms with Crippen molar-refractivity contribution >= 4 is 16.9 Å². The molecule has 3 aromatic heterocycles. The van der Waals surface area contributed by atoms with E-state index in [2.05, 4.69) is 25.0 Å². The number of ether oxygens (including phenoxy) is 1. The van der Waals surface area contributed by atoms with Gasteiger partial charge in [0.25, 0.3) is 5.56 Å². The van der Waals surface area contributed by atoms with Crippen LogP contribution in [-0.2, 0) is 18.4 Å². The molecule has 0 bridgehead atoms. The molecule has 27 heavy (non-hydrogen) atoms. The lowest BCUT2D eigenvalue weighted by Crippen LogP contribution is -2.36. The van der Waals surface area contributed by atoms with E-state index in [1.54, 1.807) is 24.1 Å². The fourth-order valence-corrected chi connectivity index (χ4v) is 3.71. The van der Waals surface area contributed by atoms with Crippen LogP contribution in [-0.4, -0.2) is 49.9 Å². The van der Waals surface area contributed by atoms with Crippen molar-refractivity contribution in [2.75, 3.05) is 25.1 Å². The van der Waals surface area contributed by atoms with Gasteiger partial charge in [0.15, 0.2) is 11.5 Å². The van der Waals surface area contributed by atoms with Crippen molar-refractivity contribution in [3.8, 4) is 0 Å². The van der Waals surface area contributed by atoms with Gasteiger partial charge in [0, 0.05) is 39.2 Å². The summed E-state index contributed by atoms with van der Waals surface area (Å²) in [5.74, 6) is 2.34. The van der Waals surface area contributed by atoms with Crippen LogP contribution in [0.4, 0.5) is 5.82 Å². The number of aryl methyl sites for hydroxylation is 2. The van der Waals surface area contributed by atoms with Gasteiger partial charge < -0.3 is 14.6 Å². The number of anilines is 1. The number of aromatic nitrogens is 6. The summed E-state index contributed by atoms with van der Waals surface area (Å²) in [5, 5.41) is 5.27. The van der Waals surface area contributed by atoms with Gasteiger partial charge in [-0.2, -0.15) is 5.10 Å². The summed E-state index contributed by atoms with van der Waals surface area (Å²) in [4.78, 5) is 30.7. The largest absolute Gasteiger partial charge is 0.377 e. The van der Waals surface area contributed by atoms with E-state index in [0.29, 0.717) is 18.3 Å². The van der Waals surface area contributed by atoms with Crippen molar-refractivity contribution in [1.82, 2.24) is 29.7 Å². The van der Waals surface area contributed by atoms with Crippen LogP contribution in [0.2, 0.25) is 0 Å². The lowest BCUT2D eigenvalue weighted by atomic mass is 9.94. The molecule has 1 aliphatic rings. The molecular weight excluding hydrogens is 346 g/mol. The highest BCUT2D eigenvalue weighted by atomic mass is 16.5. The Balaban J connectivity index is 1.71. The second-order valence-corrected chi connectivity index (χ2v) is 6.94. The topological polar surface area (TPSA) is 102 Å². The quantitative estimate of drug-likeness (QED) is 0.739. The van der Waals surface area contributed by atoms with Crippen LogP contribution < -0.4 is 10.5 Å². The third kappa shape index (κ3) is 3.42. The zero-order chi connectivity index (χ0) is 19.0. The van der Waals surface area contributed by atoms with Gasteiger partial charge in [-0.15, -0.1) is 0 Å². The first-order valence-electron chi connectivity index (χ1n) is 9.05. The summed E-state index contributed by atoms with van der Waals surface area (Å²) in [6.07, 6.45) is 3.81. The summed E-state index contributed by atoms with van der Waals surface area (Å²) in [6.45, 7) is 3.81. The predicted octanol–water partition coefficient (Wildman–Crippen LogP) is 1.29. The second kappa shape index (κ2) is 7.07. The van der Waals surface area contributed by atoms with Crippen molar-refractivity contribution in [2.45, 2.75) is 32.3 Å². The molecule has 0 radical (unpaired) electrons. The molecule has 1 fully saturated rings. The molecule has 0 saturated carbocycles. The number of piperidine rings is 1. The smallest absolute Gasteiger partial charge is 0.251 e. The molecule has 1 saturated heterocycles. The number of rotatable bonds is 4. The number of hydrogen-bond donors (Lipinski definition) is 1. The van der Waals surface area contributed by atoms with Gasteiger partial charge in [-0.05, 0) is 19.8 Å². The van der Waals surface area contributed by atoms with Crippen molar-refractivity contribution in [2.24, 2.45) is 7.05 Å². The Hall–Kier alpha value is -2.81. The summed E-state index contributed by atoms with van der Waals surface area (Å²) >= 11 is 0. The molecule has 1 atom stereocenters. The first kappa shape index (κ1) is 17.6. The van der Waals surface area contributed by atoms with Crippen LogP contribution in [0.15, 0.2) is 17.1 Å². The van der Waals surface area contributed by atoms with E-state index in [0.717, 1.165) is 48.5 Å². The van der Waals surface area contributed by atoms with Crippen molar-refractivity contribution in [3.63, 3.8) is 0 Å². The van der Waals surface area contributed by atoms with Gasteiger partial charge >= 0.3 is 0 Å². The average molecular weight is 369 g/mol. The van der Waals surface area contributed by atoms with Gasteiger partial charge in [0.2, 0.25) is 0 Å². The normalized spacial score (nSPS) is 17.6. The zero-order valence-corrected chi connectivity index (χ0v) is 15.8. The number of fused-ring (bicyclic) bond motifs is 1. The Labute approximate surface area is 156 Å². The molecule has 142 valence electrons. The molecule has 1 N–H and O–H groups in total. The molecule has 4 heterocycles. The minimum absolute atomic E-state index is 0.103. The highest BCUT2D eigenvalue weighted by Gasteiger charge is 2.26. The molecule has 1 aliphatic heterocycles. The van der Waals surface area contributed by atoms with Gasteiger partial charge in [0.1, 0.15) is 18.2 Å². The van der Waals surface area contributed by atoms with Crippen molar-refractivity contribution in [1.29, 1.82) is 0 Å². The Morgan fingerprint density at radius 2 is 2.19 bits per heavy atom. The van der Waals surface area contributed by atoms with E-state index in [1.165, 1.54) is 0 Å². The summed E-state index contributed by atoms with van der Waals surface area (Å²) in [6, 6.07) is 1.61. The van der Waals surface area contributed by atoms with Gasteiger partial charge in [0.05, 0.1) is 17.3 Å². The number of H-pyrrole nitrogens is 1. The number of nitrogens with one attached hydrogen (secondary N) is 1. The van der Waals surface area contributed by atoms with Crippen molar-refractivity contribution < 1.29 is 4.74 Å². The minimum Gasteiger partial charge on any atom is -0.377 e. The minimum atomic E-state index is -0.103. The van der Waals surface area contributed by atoms with E-state index >= 15 is 0 Å². The monoisotopic (exact) mass is 369 g/mol. The predicted molar refractivity (Wildman–Crippen MR) is 101 cm³/mol. The molecular formula is C18H23N7O2. The number of hydrogen-bond acceptors (Lipinski definition) is 7. The lowest BCUT2D eigenvalue weighted by molar-refractivity contribution is 0.178. The molecule has 0 aromatic carbocycles. The van der Waals surface area contributed by atoms with E-state index in [1.807, 2.05) is 14.0 Å². The summed E-state index contributed by atoms with van der Waals surface area (Å²) < 4.78 is 6.98. The summed E-state index contributed by atoms with van der Waals surface area (Å²) in [5.41, 5.74) is 1.53. The number of methoxy groups -OCH3 is 1. The Kier molecular flexibility index (Phi) is 4.61. The van der Waals surface area contributed by atoms with Crippen molar-refractivity contribution in [3.05, 3.63) is 40.0 Å². The van der Waals surface area contributed by atoms with Crippen LogP contribution >= 0.6 is 0 Å². The Morgan fingerprint density at radius 1 is 1.33 bits per heavy atom. The SMILES string of the molecule is COCc1nc(N2CCC[C@H](c3cc(=O)[nH]c(C)n3)C2)c2cnn(C)c2n1. The highest BCUT2D eigenvalue weighted by molar-refractivity contribution is 5.87. The van der Waals surface area contributed by atoms with Crippen LogP contribution in [0.3, 0.4) is 0 Å². The maximum atomic E-state index is 11.8. The first-order valence-corrected chi connectivity index (χ1v) is 9.05. The fourth-order valence-electron chi connectivity index (χ4n) is 3.71. The van der Waals surface area contributed by atoms with Gasteiger partial charge in [-0.25, -0.2) is 15.0 Å². The third-order valence-corrected chi connectivity index (χ3v) is 4.91. The number of nitrogens with zero attached hydrogens (tertiary/aromatic N) is 6. The Morgan fingerprint density at radius 3 is 2.96 bits per heavy atom. The molecule has 9 heteroatoms. The second-order valence-electron chi connectivity index (χ2n) is 6.94. The highest BCUT2D eigenvalue weighted by Crippen LogP contribution is 2.31. The van der Waals surface area contributed by atoms with Gasteiger partial charge in [-0.1, -0.05) is 0 Å². The molecule has 0 amide bonds. The zero-order valence-electron chi connectivity index (χ0n) is 15.8. The Bertz CT molecular complexity index is 1030. The number of aromatic amines is 1. The van der Waals surface area contributed by atoms with Gasteiger partial charge in [-0.3, -0.25) is 9.48 Å². The summed E-state index contributed by atoms with van der Waals surface area (Å²) in [7, 11) is 3.51. The van der Waals surface area contributed by atoms with E-state index < -0.39 is 0 Å². The fraction of sp³-hybridized carbons (Fsp3) is 0.500. The van der Waals surface area contributed by atoms with E-state index in [-0.39, 0.29) is 11.5 Å². The first-order chi connectivity index (χ1) is 13.0.